The van der Waals surface area contributed by atoms with Gasteiger partial charge in [-0.2, -0.15) is 0 Å². The van der Waals surface area contributed by atoms with E-state index in [0.717, 1.165) is 0 Å². The largest absolute Gasteiger partial charge is 0.260 e. The molecule has 0 saturated heterocycles. The quantitative estimate of drug-likeness (QED) is 0.695. The lowest BCUT2D eigenvalue weighted by molar-refractivity contribution is 0.821. The van der Waals surface area contributed by atoms with Gasteiger partial charge in [-0.15, -0.1) is 0 Å². The maximum absolute atomic E-state index is 4.27. The predicted molar refractivity (Wildman–Crippen MR) is 51.0 cm³/mol. The molecule has 0 amide bonds. The zero-order valence-corrected chi connectivity index (χ0v) is 8.29. The van der Waals surface area contributed by atoms with Gasteiger partial charge < -0.3 is 0 Å². The third-order valence-corrected chi connectivity index (χ3v) is 1.98. The number of hydrogen-bond donors (Lipinski definition) is 0. The fourth-order valence-electron chi connectivity index (χ4n) is 0.729. The summed E-state index contributed by atoms with van der Waals surface area (Å²) in [6.07, 6.45) is 1.90. The highest BCUT2D eigenvalue weighted by Gasteiger charge is 1.97. The summed E-state index contributed by atoms with van der Waals surface area (Å²) < 4.78 is 1.20. The molecule has 1 aromatic rings. The molecule has 1 rings (SSSR count). The van der Waals surface area contributed by atoms with Crippen LogP contribution in [-0.4, -0.2) is 4.98 Å². The van der Waals surface area contributed by atoms with Crippen LogP contribution >= 0.6 is 22.6 Å². The summed E-state index contributed by atoms with van der Waals surface area (Å²) in [5.74, 6) is 0.539. The molecule has 0 saturated carbocycles. The molecular formula is C8H10IN. The van der Waals surface area contributed by atoms with Crippen molar-refractivity contribution >= 4 is 22.6 Å². The molecule has 0 radical (unpaired) electrons. The standard InChI is InChI=1S/C8H10IN/c1-6(2)8-4-3-7(9)5-10-8/h3-6H,1-2H3. The van der Waals surface area contributed by atoms with Crippen LogP contribution in [0.25, 0.3) is 0 Å². The van der Waals surface area contributed by atoms with Crippen molar-refractivity contribution in [2.75, 3.05) is 0 Å². The smallest absolute Gasteiger partial charge is 0.0429 e. The molecule has 0 spiro atoms. The van der Waals surface area contributed by atoms with E-state index in [9.17, 15) is 0 Å². The molecule has 0 unspecified atom stereocenters. The van der Waals surface area contributed by atoms with E-state index in [1.807, 2.05) is 6.20 Å². The van der Waals surface area contributed by atoms with Crippen LogP contribution in [0.5, 0.6) is 0 Å². The second-order valence-corrected chi connectivity index (χ2v) is 3.80. The predicted octanol–water partition coefficient (Wildman–Crippen LogP) is 2.81. The molecule has 0 atom stereocenters. The molecule has 0 bridgehead atoms. The van der Waals surface area contributed by atoms with E-state index in [-0.39, 0.29) is 0 Å². The van der Waals surface area contributed by atoms with Crippen LogP contribution in [0, 0.1) is 3.57 Å². The van der Waals surface area contributed by atoms with E-state index in [2.05, 4.69) is 53.6 Å². The lowest BCUT2D eigenvalue weighted by atomic mass is 10.1. The van der Waals surface area contributed by atoms with Crippen molar-refractivity contribution in [3.05, 3.63) is 27.6 Å². The average molecular weight is 247 g/mol. The van der Waals surface area contributed by atoms with Crippen molar-refractivity contribution in [1.29, 1.82) is 0 Å². The second-order valence-electron chi connectivity index (χ2n) is 2.56. The molecule has 0 aliphatic rings. The molecular weight excluding hydrogens is 237 g/mol. The van der Waals surface area contributed by atoms with E-state index in [0.29, 0.717) is 5.92 Å². The Bertz CT molecular complexity index is 203. The fourth-order valence-corrected chi connectivity index (χ4v) is 1.05. The van der Waals surface area contributed by atoms with Gasteiger partial charge in [0.15, 0.2) is 0 Å². The first-order chi connectivity index (χ1) is 4.70. The van der Waals surface area contributed by atoms with Gasteiger partial charge in [0.05, 0.1) is 0 Å². The van der Waals surface area contributed by atoms with Crippen LogP contribution in [0.3, 0.4) is 0 Å². The van der Waals surface area contributed by atoms with Crippen LogP contribution < -0.4 is 0 Å². The first kappa shape index (κ1) is 7.98. The molecule has 10 heavy (non-hydrogen) atoms. The Hall–Kier alpha value is -0.120. The maximum atomic E-state index is 4.27. The number of pyridine rings is 1. The SMILES string of the molecule is CC(C)c1ccc(I)cn1. The molecule has 1 nitrogen and oxygen atoms in total. The molecule has 0 N–H and O–H groups in total. The van der Waals surface area contributed by atoms with Crippen LogP contribution in [-0.2, 0) is 0 Å². The Morgan fingerprint density at radius 2 is 2.10 bits per heavy atom. The van der Waals surface area contributed by atoms with Gasteiger partial charge in [-0.25, -0.2) is 0 Å². The van der Waals surface area contributed by atoms with E-state index in [4.69, 9.17) is 0 Å². The number of halogens is 1. The molecule has 1 aromatic heterocycles. The van der Waals surface area contributed by atoms with Crippen molar-refractivity contribution in [2.45, 2.75) is 19.8 Å². The lowest BCUT2D eigenvalue weighted by Gasteiger charge is -2.01. The summed E-state index contributed by atoms with van der Waals surface area (Å²) in [6, 6.07) is 4.16. The maximum Gasteiger partial charge on any atom is 0.0429 e. The van der Waals surface area contributed by atoms with Crippen molar-refractivity contribution in [2.24, 2.45) is 0 Å². The molecule has 0 fully saturated rings. The van der Waals surface area contributed by atoms with Gasteiger partial charge in [-0.1, -0.05) is 13.8 Å². The number of nitrogens with zero attached hydrogens (tertiary/aromatic N) is 1. The zero-order chi connectivity index (χ0) is 7.56. The van der Waals surface area contributed by atoms with Crippen molar-refractivity contribution in [1.82, 2.24) is 4.98 Å². The highest BCUT2D eigenvalue weighted by molar-refractivity contribution is 14.1. The van der Waals surface area contributed by atoms with Crippen LogP contribution in [0.4, 0.5) is 0 Å². The average Bonchev–Trinajstić information content (AvgIpc) is 1.88. The van der Waals surface area contributed by atoms with Gasteiger partial charge in [-0.05, 0) is 40.6 Å². The Balaban J connectivity index is 2.89. The van der Waals surface area contributed by atoms with E-state index in [1.165, 1.54) is 9.26 Å². The molecule has 0 aliphatic carbocycles. The molecule has 1 heterocycles. The van der Waals surface area contributed by atoms with Gasteiger partial charge in [-0.3, -0.25) is 4.98 Å². The third kappa shape index (κ3) is 1.94. The summed E-state index contributed by atoms with van der Waals surface area (Å²) in [5, 5.41) is 0. The fraction of sp³-hybridized carbons (Fsp3) is 0.375. The van der Waals surface area contributed by atoms with Gasteiger partial charge in [0.2, 0.25) is 0 Å². The van der Waals surface area contributed by atoms with E-state index < -0.39 is 0 Å². The molecule has 0 aliphatic heterocycles. The Labute approximate surface area is 75.0 Å². The number of hydrogen-bond acceptors (Lipinski definition) is 1. The van der Waals surface area contributed by atoms with Crippen molar-refractivity contribution in [3.8, 4) is 0 Å². The summed E-state index contributed by atoms with van der Waals surface area (Å²) in [7, 11) is 0. The Kier molecular flexibility index (Phi) is 2.65. The summed E-state index contributed by atoms with van der Waals surface area (Å²) >= 11 is 2.26. The van der Waals surface area contributed by atoms with Gasteiger partial charge in [0.1, 0.15) is 0 Å². The highest BCUT2D eigenvalue weighted by atomic mass is 127. The van der Waals surface area contributed by atoms with E-state index >= 15 is 0 Å². The van der Waals surface area contributed by atoms with E-state index in [1.54, 1.807) is 0 Å². The summed E-state index contributed by atoms with van der Waals surface area (Å²) in [4.78, 5) is 4.27. The number of aromatic nitrogens is 1. The van der Waals surface area contributed by atoms with Crippen LogP contribution in [0.2, 0.25) is 0 Å². The first-order valence-electron chi connectivity index (χ1n) is 3.31. The monoisotopic (exact) mass is 247 g/mol. The molecule has 54 valence electrons. The minimum atomic E-state index is 0.539. The summed E-state index contributed by atoms with van der Waals surface area (Å²) in [6.45, 7) is 4.30. The van der Waals surface area contributed by atoms with Gasteiger partial charge in [0, 0.05) is 15.5 Å². The normalized spacial score (nSPS) is 10.4. The molecule has 2 heteroatoms. The van der Waals surface area contributed by atoms with Crippen LogP contribution in [0.15, 0.2) is 18.3 Å². The lowest BCUT2D eigenvalue weighted by Crippen LogP contribution is -1.90. The topological polar surface area (TPSA) is 12.9 Å². The minimum absolute atomic E-state index is 0.539. The highest BCUT2D eigenvalue weighted by Crippen LogP contribution is 2.11. The third-order valence-electron chi connectivity index (χ3n) is 1.34. The second kappa shape index (κ2) is 3.32. The van der Waals surface area contributed by atoms with Crippen molar-refractivity contribution < 1.29 is 0 Å². The first-order valence-corrected chi connectivity index (χ1v) is 4.39. The molecule has 0 aromatic carbocycles. The van der Waals surface area contributed by atoms with Gasteiger partial charge >= 0.3 is 0 Å². The van der Waals surface area contributed by atoms with Crippen molar-refractivity contribution in [3.63, 3.8) is 0 Å². The van der Waals surface area contributed by atoms with Gasteiger partial charge in [0.25, 0.3) is 0 Å². The Morgan fingerprint density at radius 1 is 1.40 bits per heavy atom. The Morgan fingerprint density at radius 3 is 2.50 bits per heavy atom. The summed E-state index contributed by atoms with van der Waals surface area (Å²) in [5.41, 5.74) is 1.17. The number of rotatable bonds is 1. The van der Waals surface area contributed by atoms with Crippen LogP contribution in [0.1, 0.15) is 25.5 Å². The minimum Gasteiger partial charge on any atom is -0.260 e. The zero-order valence-electron chi connectivity index (χ0n) is 6.13.